The van der Waals surface area contributed by atoms with Gasteiger partial charge in [0.1, 0.15) is 17.7 Å². The van der Waals surface area contributed by atoms with Gasteiger partial charge in [-0.25, -0.2) is 8.78 Å². The molecule has 1 aromatic rings. The number of rotatable bonds is 1. The molecule has 2 saturated heterocycles. The number of anilines is 1. The van der Waals surface area contributed by atoms with Crippen LogP contribution in [-0.2, 0) is 4.79 Å². The van der Waals surface area contributed by atoms with Gasteiger partial charge in [0.15, 0.2) is 5.11 Å². The van der Waals surface area contributed by atoms with Crippen LogP contribution in [0.15, 0.2) is 18.2 Å². The summed E-state index contributed by atoms with van der Waals surface area (Å²) < 4.78 is 26.8. The summed E-state index contributed by atoms with van der Waals surface area (Å²) in [6.45, 7) is 0.717. The zero-order chi connectivity index (χ0) is 13.6. The maximum absolute atomic E-state index is 13.8. The molecule has 0 bridgehead atoms. The first-order valence-electron chi connectivity index (χ1n) is 6.19. The molecule has 0 radical (unpaired) electrons. The van der Waals surface area contributed by atoms with Crippen LogP contribution in [-0.4, -0.2) is 28.5 Å². The Morgan fingerprint density at radius 3 is 2.74 bits per heavy atom. The number of hydrogen-bond donors (Lipinski definition) is 0. The van der Waals surface area contributed by atoms with Crippen molar-refractivity contribution in [3.05, 3.63) is 29.8 Å². The molecule has 2 aliphatic rings. The van der Waals surface area contributed by atoms with Gasteiger partial charge in [-0.2, -0.15) is 0 Å². The molecule has 1 unspecified atom stereocenters. The first-order chi connectivity index (χ1) is 9.09. The van der Waals surface area contributed by atoms with Gasteiger partial charge in [0.25, 0.3) is 5.91 Å². The van der Waals surface area contributed by atoms with Crippen molar-refractivity contribution in [3.8, 4) is 0 Å². The summed E-state index contributed by atoms with van der Waals surface area (Å²) in [6, 6.07) is 2.87. The number of hydrogen-bond acceptors (Lipinski definition) is 2. The lowest BCUT2D eigenvalue weighted by molar-refractivity contribution is -0.120. The van der Waals surface area contributed by atoms with Gasteiger partial charge in [0.2, 0.25) is 0 Å². The average molecular weight is 282 g/mol. The van der Waals surface area contributed by atoms with Crippen molar-refractivity contribution in [2.24, 2.45) is 0 Å². The Morgan fingerprint density at radius 2 is 2.05 bits per heavy atom. The van der Waals surface area contributed by atoms with Crippen LogP contribution in [0.3, 0.4) is 0 Å². The number of amides is 1. The van der Waals surface area contributed by atoms with Crippen LogP contribution in [0, 0.1) is 11.6 Å². The summed E-state index contributed by atoms with van der Waals surface area (Å²) >= 11 is 5.26. The molecule has 0 saturated carbocycles. The minimum absolute atomic E-state index is 0.0331. The van der Waals surface area contributed by atoms with Crippen LogP contribution in [0.1, 0.15) is 19.3 Å². The van der Waals surface area contributed by atoms with Gasteiger partial charge in [-0.1, -0.05) is 0 Å². The zero-order valence-corrected chi connectivity index (χ0v) is 10.9. The van der Waals surface area contributed by atoms with Crippen LogP contribution in [0.4, 0.5) is 14.5 Å². The molecule has 3 rings (SSSR count). The summed E-state index contributed by atoms with van der Waals surface area (Å²) in [5, 5.41) is 0.320. The van der Waals surface area contributed by atoms with Crippen LogP contribution < -0.4 is 4.90 Å². The second-order valence-corrected chi connectivity index (χ2v) is 5.12. The maximum atomic E-state index is 13.8. The van der Waals surface area contributed by atoms with Crippen molar-refractivity contribution in [2.75, 3.05) is 11.4 Å². The van der Waals surface area contributed by atoms with E-state index in [0.29, 0.717) is 11.7 Å². The average Bonchev–Trinajstić information content (AvgIpc) is 2.64. The lowest BCUT2D eigenvalue weighted by Crippen LogP contribution is -2.38. The lowest BCUT2D eigenvalue weighted by atomic mass is 10.0. The highest BCUT2D eigenvalue weighted by atomic mass is 32.1. The standard InChI is InChI=1S/C13H12F2N2OS/c14-8-4-5-10(9(15)7-8)17-12(18)11-3-1-2-6-16(11)13(17)19/h4-5,7,11H,1-3,6H2. The molecular formula is C13H12F2N2OS. The molecule has 100 valence electrons. The van der Waals surface area contributed by atoms with Gasteiger partial charge in [-0.3, -0.25) is 9.69 Å². The van der Waals surface area contributed by atoms with E-state index in [0.717, 1.165) is 31.4 Å². The Kier molecular flexibility index (Phi) is 2.97. The van der Waals surface area contributed by atoms with Crippen LogP contribution in [0.2, 0.25) is 0 Å². The molecule has 2 aliphatic heterocycles. The van der Waals surface area contributed by atoms with Gasteiger partial charge < -0.3 is 4.90 Å². The van der Waals surface area contributed by atoms with Gasteiger partial charge >= 0.3 is 0 Å². The highest BCUT2D eigenvalue weighted by molar-refractivity contribution is 7.80. The van der Waals surface area contributed by atoms with E-state index < -0.39 is 11.6 Å². The van der Waals surface area contributed by atoms with Crippen molar-refractivity contribution in [3.63, 3.8) is 0 Å². The summed E-state index contributed by atoms with van der Waals surface area (Å²) in [6.07, 6.45) is 2.68. The Balaban J connectivity index is 2.00. The second-order valence-electron chi connectivity index (χ2n) is 4.76. The molecular weight excluding hydrogens is 270 g/mol. The van der Waals surface area contributed by atoms with Crippen molar-refractivity contribution >= 4 is 28.9 Å². The van der Waals surface area contributed by atoms with Crippen molar-refractivity contribution in [2.45, 2.75) is 25.3 Å². The fourth-order valence-corrected chi connectivity index (χ4v) is 3.08. The number of thiocarbonyl (C=S) groups is 1. The number of carbonyl (C=O) groups excluding carboxylic acids is 1. The predicted molar refractivity (Wildman–Crippen MR) is 70.8 cm³/mol. The molecule has 0 aliphatic carbocycles. The van der Waals surface area contributed by atoms with Gasteiger partial charge in [0, 0.05) is 12.6 Å². The SMILES string of the molecule is O=C1C2CCCCN2C(=S)N1c1ccc(F)cc1F. The zero-order valence-electron chi connectivity index (χ0n) is 10.1. The number of piperidine rings is 1. The molecule has 0 aromatic heterocycles. The molecule has 19 heavy (non-hydrogen) atoms. The summed E-state index contributed by atoms with van der Waals surface area (Å²) in [5.41, 5.74) is 0.0331. The summed E-state index contributed by atoms with van der Waals surface area (Å²) in [7, 11) is 0. The number of halogens is 2. The van der Waals surface area contributed by atoms with E-state index >= 15 is 0 Å². The predicted octanol–water partition coefficient (Wildman–Crippen LogP) is 2.45. The van der Waals surface area contributed by atoms with Gasteiger partial charge in [-0.15, -0.1) is 0 Å². The Morgan fingerprint density at radius 1 is 1.26 bits per heavy atom. The second kappa shape index (κ2) is 4.52. The Labute approximate surface area is 114 Å². The maximum Gasteiger partial charge on any atom is 0.256 e. The first-order valence-corrected chi connectivity index (χ1v) is 6.60. The summed E-state index contributed by atoms with van der Waals surface area (Å²) in [5.74, 6) is -1.65. The molecule has 0 spiro atoms. The third kappa shape index (κ3) is 1.90. The third-order valence-electron chi connectivity index (χ3n) is 3.60. The highest BCUT2D eigenvalue weighted by Gasteiger charge is 2.44. The van der Waals surface area contributed by atoms with Crippen molar-refractivity contribution in [1.29, 1.82) is 0 Å². The van der Waals surface area contributed by atoms with Gasteiger partial charge in [0.05, 0.1) is 5.69 Å². The quantitative estimate of drug-likeness (QED) is 0.739. The molecule has 1 amide bonds. The highest BCUT2D eigenvalue weighted by Crippen LogP contribution is 2.32. The molecule has 1 aromatic carbocycles. The topological polar surface area (TPSA) is 23.6 Å². The van der Waals surface area contributed by atoms with E-state index in [9.17, 15) is 13.6 Å². The Hall–Kier alpha value is -1.56. The normalized spacial score (nSPS) is 22.9. The van der Waals surface area contributed by atoms with E-state index in [-0.39, 0.29) is 17.6 Å². The molecule has 3 nitrogen and oxygen atoms in total. The van der Waals surface area contributed by atoms with Gasteiger partial charge in [-0.05, 0) is 43.6 Å². The van der Waals surface area contributed by atoms with Crippen LogP contribution >= 0.6 is 12.2 Å². The number of carbonyl (C=O) groups is 1. The molecule has 1 atom stereocenters. The molecule has 2 fully saturated rings. The molecule has 2 heterocycles. The summed E-state index contributed by atoms with van der Waals surface area (Å²) in [4.78, 5) is 15.4. The van der Waals surface area contributed by atoms with Crippen molar-refractivity contribution in [1.82, 2.24) is 4.90 Å². The minimum atomic E-state index is -0.768. The monoisotopic (exact) mass is 282 g/mol. The van der Waals surface area contributed by atoms with E-state index in [1.54, 1.807) is 0 Å². The van der Waals surface area contributed by atoms with Crippen LogP contribution in [0.25, 0.3) is 0 Å². The van der Waals surface area contributed by atoms with E-state index in [4.69, 9.17) is 12.2 Å². The van der Waals surface area contributed by atoms with Crippen LogP contribution in [0.5, 0.6) is 0 Å². The number of nitrogens with zero attached hydrogens (tertiary/aromatic N) is 2. The van der Waals surface area contributed by atoms with Crippen molar-refractivity contribution < 1.29 is 13.6 Å². The Bertz CT molecular complexity index is 540. The number of benzene rings is 1. The minimum Gasteiger partial charge on any atom is -0.336 e. The fourth-order valence-electron chi connectivity index (χ4n) is 2.67. The third-order valence-corrected chi connectivity index (χ3v) is 4.01. The fraction of sp³-hybridized carbons (Fsp3) is 0.385. The molecule has 0 N–H and O–H groups in total. The first kappa shape index (κ1) is 12.5. The smallest absolute Gasteiger partial charge is 0.256 e. The van der Waals surface area contributed by atoms with E-state index in [1.165, 1.54) is 11.0 Å². The largest absolute Gasteiger partial charge is 0.336 e. The van der Waals surface area contributed by atoms with E-state index in [1.807, 2.05) is 4.90 Å². The van der Waals surface area contributed by atoms with E-state index in [2.05, 4.69) is 0 Å². The number of fused-ring (bicyclic) bond motifs is 1. The molecule has 6 heteroatoms. The lowest BCUT2D eigenvalue weighted by Gasteiger charge is -2.27.